The number of imidazole rings is 1. The number of carboxylic acids is 1. The van der Waals surface area contributed by atoms with Crippen LogP contribution in [0.5, 0.6) is 5.88 Å². The third-order valence-corrected chi connectivity index (χ3v) is 7.57. The molecule has 11 nitrogen and oxygen atoms in total. The Balaban J connectivity index is 0.000000353. The zero-order chi connectivity index (χ0) is 27.6. The van der Waals surface area contributed by atoms with E-state index in [9.17, 15) is 18.0 Å². The topological polar surface area (TPSA) is 141 Å². The fourth-order valence-corrected chi connectivity index (χ4v) is 5.25. The standard InChI is InChI=1S/C23H25N5O4.C2HF3O2/c1-22-10-23(11-22,12-31-22)16-7-28-8-17(27-21(18(28)25-16)32-14-3-2-4-14)26-19(29)15-9-30-20(24-15)13-5-6-13;3-2(4,5)1(6)7/h7-9,13-14H,2-6,10-12H2,1H3,(H,26,29);(H,6,7). The second-order valence-corrected chi connectivity index (χ2v) is 10.9. The van der Waals surface area contributed by atoms with Gasteiger partial charge in [0.05, 0.1) is 24.1 Å². The minimum absolute atomic E-state index is 0.0185. The molecule has 2 aliphatic heterocycles. The molecular weight excluding hydrogens is 523 g/mol. The Labute approximate surface area is 219 Å². The van der Waals surface area contributed by atoms with Crippen molar-refractivity contribution in [2.45, 2.75) is 81.1 Å². The minimum Gasteiger partial charge on any atom is -0.475 e. The first-order chi connectivity index (χ1) is 18.4. The number of nitrogens with one attached hydrogen (secondary N) is 1. The van der Waals surface area contributed by atoms with Gasteiger partial charge in [-0.3, -0.25) is 9.20 Å². The van der Waals surface area contributed by atoms with Crippen LogP contribution in [0.4, 0.5) is 19.0 Å². The summed E-state index contributed by atoms with van der Waals surface area (Å²) in [5, 5.41) is 9.98. The molecule has 0 unspecified atom stereocenters. The Morgan fingerprint density at radius 3 is 2.44 bits per heavy atom. The highest BCUT2D eigenvalue weighted by molar-refractivity contribution is 6.02. The third-order valence-electron chi connectivity index (χ3n) is 7.57. The molecule has 5 heterocycles. The SMILES string of the molecule is CC12CC(c3cn4cc(NC(=O)c5coc(C6CC6)n5)nc(OC5CCC5)c4n3)(CO1)C2.O=C(O)C(F)(F)F. The molecule has 0 radical (unpaired) electrons. The van der Waals surface area contributed by atoms with Gasteiger partial charge in [-0.05, 0) is 51.9 Å². The number of fused-ring (bicyclic) bond motifs is 2. The normalized spacial score (nSPS) is 25.8. The van der Waals surface area contributed by atoms with Crippen LogP contribution in [-0.4, -0.2) is 60.8 Å². The van der Waals surface area contributed by atoms with Crippen molar-refractivity contribution in [3.8, 4) is 5.88 Å². The summed E-state index contributed by atoms with van der Waals surface area (Å²) in [6.07, 6.45) is 7.56. The van der Waals surface area contributed by atoms with Crippen LogP contribution in [0.2, 0.25) is 0 Å². The maximum absolute atomic E-state index is 12.8. The monoisotopic (exact) mass is 549 g/mol. The van der Waals surface area contributed by atoms with Crippen LogP contribution in [0.15, 0.2) is 23.1 Å². The van der Waals surface area contributed by atoms with Crippen LogP contribution in [-0.2, 0) is 14.9 Å². The third kappa shape index (κ3) is 4.92. The van der Waals surface area contributed by atoms with Crippen LogP contribution < -0.4 is 10.1 Å². The maximum Gasteiger partial charge on any atom is 0.490 e. The maximum atomic E-state index is 12.8. The predicted octanol–water partition coefficient (Wildman–Crippen LogP) is 4.23. The molecule has 5 fully saturated rings. The van der Waals surface area contributed by atoms with Crippen molar-refractivity contribution >= 4 is 23.3 Å². The van der Waals surface area contributed by atoms with Gasteiger partial charge in [0.25, 0.3) is 11.8 Å². The molecule has 5 aliphatic rings. The lowest BCUT2D eigenvalue weighted by atomic mass is 9.62. The summed E-state index contributed by atoms with van der Waals surface area (Å²) >= 11 is 0. The van der Waals surface area contributed by atoms with Crippen molar-refractivity contribution in [1.82, 2.24) is 19.4 Å². The Morgan fingerprint density at radius 1 is 1.15 bits per heavy atom. The summed E-state index contributed by atoms with van der Waals surface area (Å²) in [6, 6.07) is 0. The number of aromatic nitrogens is 4. The van der Waals surface area contributed by atoms with E-state index in [4.69, 9.17) is 28.8 Å². The number of carboxylic acid groups (broad SMARTS) is 1. The molecule has 0 aromatic carbocycles. The molecular formula is C25H26F3N5O6. The number of carbonyl (C=O) groups excluding carboxylic acids is 1. The van der Waals surface area contributed by atoms with Crippen molar-refractivity contribution in [3.05, 3.63) is 35.9 Å². The van der Waals surface area contributed by atoms with Gasteiger partial charge in [-0.2, -0.15) is 18.2 Å². The smallest absolute Gasteiger partial charge is 0.475 e. The summed E-state index contributed by atoms with van der Waals surface area (Å²) in [7, 11) is 0. The summed E-state index contributed by atoms with van der Waals surface area (Å²) in [5.41, 5.74) is 1.89. The lowest BCUT2D eigenvalue weighted by Gasteiger charge is -2.41. The van der Waals surface area contributed by atoms with E-state index in [1.54, 1.807) is 6.20 Å². The molecule has 3 aliphatic carbocycles. The average Bonchev–Trinajstić information content (AvgIpc) is 3.17. The van der Waals surface area contributed by atoms with Gasteiger partial charge in [-0.1, -0.05) is 0 Å². The zero-order valence-corrected chi connectivity index (χ0v) is 21.0. The molecule has 8 rings (SSSR count). The molecule has 208 valence electrons. The predicted molar refractivity (Wildman–Crippen MR) is 127 cm³/mol. The number of aliphatic carboxylic acids is 1. The number of nitrogens with zero attached hydrogens (tertiary/aromatic N) is 4. The number of halogens is 3. The Hall–Kier alpha value is -3.68. The van der Waals surface area contributed by atoms with E-state index < -0.39 is 12.1 Å². The largest absolute Gasteiger partial charge is 0.490 e. The Morgan fingerprint density at radius 2 is 1.87 bits per heavy atom. The van der Waals surface area contributed by atoms with Crippen molar-refractivity contribution in [2.24, 2.45) is 0 Å². The fraction of sp³-hybridized carbons (Fsp3) is 0.560. The molecule has 0 spiro atoms. The van der Waals surface area contributed by atoms with Gasteiger partial charge in [0.15, 0.2) is 17.4 Å². The molecule has 3 saturated carbocycles. The number of alkyl halides is 3. The average molecular weight is 550 g/mol. The van der Waals surface area contributed by atoms with Gasteiger partial charge < -0.3 is 24.3 Å². The Kier molecular flexibility index (Phi) is 5.86. The number of hydrogen-bond acceptors (Lipinski definition) is 8. The van der Waals surface area contributed by atoms with Crippen LogP contribution in [0.1, 0.15) is 79.9 Å². The van der Waals surface area contributed by atoms with E-state index in [0.29, 0.717) is 35.8 Å². The molecule has 3 aromatic heterocycles. The highest BCUT2D eigenvalue weighted by Crippen LogP contribution is 2.58. The zero-order valence-electron chi connectivity index (χ0n) is 21.0. The minimum atomic E-state index is -5.08. The lowest BCUT2D eigenvalue weighted by molar-refractivity contribution is -0.192. The summed E-state index contributed by atoms with van der Waals surface area (Å²) in [5.74, 6) is -1.26. The molecule has 3 aromatic rings. The van der Waals surface area contributed by atoms with Gasteiger partial charge in [0.1, 0.15) is 12.4 Å². The van der Waals surface area contributed by atoms with Crippen molar-refractivity contribution < 1.29 is 41.8 Å². The van der Waals surface area contributed by atoms with Gasteiger partial charge in [-0.15, -0.1) is 0 Å². The van der Waals surface area contributed by atoms with Crippen LogP contribution in [0, 0.1) is 0 Å². The molecule has 39 heavy (non-hydrogen) atoms. The summed E-state index contributed by atoms with van der Waals surface area (Å²) < 4.78 is 51.2. The van der Waals surface area contributed by atoms with Gasteiger partial charge in [-0.25, -0.2) is 14.8 Å². The van der Waals surface area contributed by atoms with E-state index in [1.165, 1.54) is 6.26 Å². The van der Waals surface area contributed by atoms with E-state index in [0.717, 1.165) is 50.6 Å². The molecule has 1 amide bonds. The molecule has 2 bridgehead atoms. The van der Waals surface area contributed by atoms with Crippen molar-refractivity contribution in [3.63, 3.8) is 0 Å². The first-order valence-electron chi connectivity index (χ1n) is 12.7. The quantitative estimate of drug-likeness (QED) is 0.462. The first-order valence-corrected chi connectivity index (χ1v) is 12.7. The van der Waals surface area contributed by atoms with Gasteiger partial charge in [0, 0.05) is 17.5 Å². The second-order valence-electron chi connectivity index (χ2n) is 10.9. The van der Waals surface area contributed by atoms with Crippen LogP contribution >= 0.6 is 0 Å². The summed E-state index contributed by atoms with van der Waals surface area (Å²) in [6.45, 7) is 2.85. The number of hydrogen-bond donors (Lipinski definition) is 2. The number of rotatable bonds is 6. The lowest BCUT2D eigenvalue weighted by Crippen LogP contribution is -2.45. The highest BCUT2D eigenvalue weighted by atomic mass is 19.4. The van der Waals surface area contributed by atoms with Crippen molar-refractivity contribution in [2.75, 3.05) is 11.9 Å². The van der Waals surface area contributed by atoms with Crippen LogP contribution in [0.3, 0.4) is 0 Å². The molecule has 14 heteroatoms. The highest BCUT2D eigenvalue weighted by Gasteiger charge is 2.61. The molecule has 2 saturated heterocycles. The number of carbonyl (C=O) groups is 2. The van der Waals surface area contributed by atoms with E-state index in [1.807, 2.05) is 10.6 Å². The second kappa shape index (κ2) is 8.93. The Bertz CT molecular complexity index is 1440. The number of anilines is 1. The van der Waals surface area contributed by atoms with E-state index in [-0.39, 0.29) is 28.7 Å². The van der Waals surface area contributed by atoms with Gasteiger partial charge >= 0.3 is 12.1 Å². The number of oxazole rings is 1. The number of ether oxygens (including phenoxy) is 2. The first kappa shape index (κ1) is 25.6. The van der Waals surface area contributed by atoms with E-state index >= 15 is 0 Å². The van der Waals surface area contributed by atoms with Gasteiger partial charge in [0.2, 0.25) is 5.65 Å². The van der Waals surface area contributed by atoms with E-state index in [2.05, 4.69) is 22.2 Å². The fourth-order valence-electron chi connectivity index (χ4n) is 5.25. The van der Waals surface area contributed by atoms with Crippen molar-refractivity contribution in [1.29, 1.82) is 0 Å². The molecule has 2 N–H and O–H groups in total. The summed E-state index contributed by atoms with van der Waals surface area (Å²) in [4.78, 5) is 35.5. The number of amides is 1. The molecule has 0 atom stereocenters. The van der Waals surface area contributed by atoms with Crippen LogP contribution in [0.25, 0.3) is 5.65 Å².